The van der Waals surface area contributed by atoms with Gasteiger partial charge >= 0.3 is 5.97 Å². The zero-order valence-corrected chi connectivity index (χ0v) is 19.8. The van der Waals surface area contributed by atoms with Gasteiger partial charge in [0.2, 0.25) is 0 Å². The van der Waals surface area contributed by atoms with E-state index in [0.717, 1.165) is 42.3 Å². The largest absolute Gasteiger partial charge is 0.496 e. The minimum Gasteiger partial charge on any atom is -0.496 e. The number of aliphatic hydroxyl groups is 1. The van der Waals surface area contributed by atoms with E-state index in [1.807, 2.05) is 25.1 Å². The lowest BCUT2D eigenvalue weighted by Crippen LogP contribution is -2.29. The monoisotopic (exact) mass is 468 g/mol. The molecule has 0 radical (unpaired) electrons. The molecule has 8 heteroatoms. The SMILES string of the molecule is COc1cc(C(O)C(Cc2nc3ccc(CC(=O)O)cc3[nH]2)OC2CCCC2)cc(OC)c1C. The van der Waals surface area contributed by atoms with Crippen LogP contribution in [0.2, 0.25) is 0 Å². The van der Waals surface area contributed by atoms with Crippen molar-refractivity contribution >= 4 is 17.0 Å². The number of aromatic amines is 1. The maximum Gasteiger partial charge on any atom is 0.307 e. The van der Waals surface area contributed by atoms with E-state index in [9.17, 15) is 9.90 Å². The number of ether oxygens (including phenoxy) is 3. The molecule has 0 spiro atoms. The minimum absolute atomic E-state index is 0.0481. The molecule has 1 aliphatic rings. The van der Waals surface area contributed by atoms with Crippen molar-refractivity contribution in [2.75, 3.05) is 14.2 Å². The number of aliphatic hydroxyl groups excluding tert-OH is 1. The second-order valence-electron chi connectivity index (χ2n) is 8.89. The van der Waals surface area contributed by atoms with Gasteiger partial charge in [0, 0.05) is 12.0 Å². The number of nitrogens with zero attached hydrogens (tertiary/aromatic N) is 1. The summed E-state index contributed by atoms with van der Waals surface area (Å²) < 4.78 is 17.4. The number of carboxylic acids is 1. The van der Waals surface area contributed by atoms with Crippen LogP contribution >= 0.6 is 0 Å². The van der Waals surface area contributed by atoms with Gasteiger partial charge in [-0.1, -0.05) is 18.9 Å². The molecule has 1 aliphatic carbocycles. The van der Waals surface area contributed by atoms with Gasteiger partial charge in [-0.2, -0.15) is 0 Å². The molecule has 4 rings (SSSR count). The van der Waals surface area contributed by atoms with Crippen LogP contribution in [0.5, 0.6) is 11.5 Å². The highest BCUT2D eigenvalue weighted by atomic mass is 16.5. The van der Waals surface area contributed by atoms with Gasteiger partial charge < -0.3 is 29.4 Å². The molecule has 0 saturated heterocycles. The van der Waals surface area contributed by atoms with Crippen molar-refractivity contribution in [2.45, 2.75) is 63.8 Å². The summed E-state index contributed by atoms with van der Waals surface area (Å²) in [6, 6.07) is 9.04. The van der Waals surface area contributed by atoms with Crippen LogP contribution in [0.15, 0.2) is 30.3 Å². The van der Waals surface area contributed by atoms with Crippen LogP contribution < -0.4 is 9.47 Å². The third-order valence-electron chi connectivity index (χ3n) is 6.48. The highest BCUT2D eigenvalue weighted by Crippen LogP contribution is 2.35. The smallest absolute Gasteiger partial charge is 0.307 e. The molecule has 3 N–H and O–H groups in total. The first-order valence-corrected chi connectivity index (χ1v) is 11.6. The standard InChI is InChI=1S/C26H32N2O6/c1-15-21(32-2)12-17(13-22(15)33-3)26(31)23(34-18-6-4-5-7-18)14-24-27-19-9-8-16(11-25(29)30)10-20(19)28-24/h8-10,12-13,18,23,26,31H,4-7,11,14H2,1-3H3,(H,27,28)(H,29,30). The fraction of sp³-hybridized carbons (Fsp3) is 0.462. The zero-order valence-electron chi connectivity index (χ0n) is 19.8. The molecule has 8 nitrogen and oxygen atoms in total. The van der Waals surface area contributed by atoms with E-state index in [4.69, 9.17) is 19.3 Å². The van der Waals surface area contributed by atoms with Gasteiger partial charge in [0.15, 0.2) is 0 Å². The first-order valence-electron chi connectivity index (χ1n) is 11.6. The molecular formula is C26H32N2O6. The van der Waals surface area contributed by atoms with Crippen LogP contribution in [0.1, 0.15) is 54.3 Å². The van der Waals surface area contributed by atoms with Crippen LogP contribution in [0, 0.1) is 6.92 Å². The lowest BCUT2D eigenvalue weighted by Gasteiger charge is -2.27. The Labute approximate surface area is 198 Å². The van der Waals surface area contributed by atoms with Crippen LogP contribution in [0.4, 0.5) is 0 Å². The maximum absolute atomic E-state index is 11.4. The van der Waals surface area contributed by atoms with Crippen molar-refractivity contribution < 1.29 is 29.2 Å². The van der Waals surface area contributed by atoms with Gasteiger partial charge in [-0.3, -0.25) is 4.79 Å². The van der Waals surface area contributed by atoms with E-state index >= 15 is 0 Å². The third-order valence-corrected chi connectivity index (χ3v) is 6.48. The maximum atomic E-state index is 11.4. The van der Waals surface area contributed by atoms with Crippen molar-refractivity contribution in [1.82, 2.24) is 9.97 Å². The number of fused-ring (bicyclic) bond motifs is 1. The summed E-state index contributed by atoms with van der Waals surface area (Å²) in [5.74, 6) is 1.08. The molecule has 182 valence electrons. The van der Waals surface area contributed by atoms with Crippen LogP contribution in [0.3, 0.4) is 0 Å². The molecular weight excluding hydrogens is 436 g/mol. The van der Waals surface area contributed by atoms with E-state index < -0.39 is 18.2 Å². The molecule has 2 unspecified atom stereocenters. The Hall–Kier alpha value is -3.10. The average Bonchev–Trinajstić information content (AvgIpc) is 3.47. The van der Waals surface area contributed by atoms with Crippen molar-refractivity contribution in [1.29, 1.82) is 0 Å². The van der Waals surface area contributed by atoms with Crippen molar-refractivity contribution in [3.63, 3.8) is 0 Å². The summed E-state index contributed by atoms with van der Waals surface area (Å²) >= 11 is 0. The topological polar surface area (TPSA) is 114 Å². The van der Waals surface area contributed by atoms with Crippen molar-refractivity contribution in [2.24, 2.45) is 0 Å². The predicted octanol–water partition coefficient (Wildman–Crippen LogP) is 4.12. The second kappa shape index (κ2) is 10.4. The van der Waals surface area contributed by atoms with E-state index in [-0.39, 0.29) is 12.5 Å². The van der Waals surface area contributed by atoms with Crippen molar-refractivity contribution in [3.8, 4) is 11.5 Å². The quantitative estimate of drug-likeness (QED) is 0.410. The molecule has 0 bridgehead atoms. The van der Waals surface area contributed by atoms with E-state index in [1.54, 1.807) is 26.4 Å². The first-order chi connectivity index (χ1) is 16.4. The Bertz CT molecular complexity index is 1130. The van der Waals surface area contributed by atoms with E-state index in [2.05, 4.69) is 9.97 Å². The highest BCUT2D eigenvalue weighted by molar-refractivity contribution is 5.78. The number of imidazole rings is 1. The fourth-order valence-corrected chi connectivity index (χ4v) is 4.68. The molecule has 1 aromatic heterocycles. The number of nitrogens with one attached hydrogen (secondary N) is 1. The van der Waals surface area contributed by atoms with Gasteiger partial charge in [0.1, 0.15) is 23.4 Å². The summed E-state index contributed by atoms with van der Waals surface area (Å²) in [5, 5.41) is 20.5. The number of hydrogen-bond acceptors (Lipinski definition) is 6. The van der Waals surface area contributed by atoms with Crippen molar-refractivity contribution in [3.05, 3.63) is 52.8 Å². The highest BCUT2D eigenvalue weighted by Gasteiger charge is 2.29. The molecule has 1 fully saturated rings. The number of methoxy groups -OCH3 is 2. The molecule has 1 heterocycles. The number of aliphatic carboxylic acids is 1. The second-order valence-corrected chi connectivity index (χ2v) is 8.89. The summed E-state index contributed by atoms with van der Waals surface area (Å²) in [6.45, 7) is 1.91. The molecule has 3 aromatic rings. The van der Waals surface area contributed by atoms with Gasteiger partial charge in [-0.25, -0.2) is 4.98 Å². The first kappa shape index (κ1) is 24.0. The number of carboxylic acid groups (broad SMARTS) is 1. The number of aromatic nitrogens is 2. The molecule has 34 heavy (non-hydrogen) atoms. The zero-order chi connectivity index (χ0) is 24.2. The van der Waals surface area contributed by atoms with Gasteiger partial charge in [0.25, 0.3) is 0 Å². The van der Waals surface area contributed by atoms with Gasteiger partial charge in [0.05, 0.1) is 43.9 Å². The van der Waals surface area contributed by atoms with E-state index in [0.29, 0.717) is 34.9 Å². The molecule has 2 atom stereocenters. The fourth-order valence-electron chi connectivity index (χ4n) is 4.68. The number of hydrogen-bond donors (Lipinski definition) is 3. The third kappa shape index (κ3) is 5.34. The van der Waals surface area contributed by atoms with Crippen LogP contribution in [0.25, 0.3) is 11.0 Å². The lowest BCUT2D eigenvalue weighted by molar-refractivity contribution is -0.136. The Morgan fingerprint density at radius 2 is 1.82 bits per heavy atom. The predicted molar refractivity (Wildman–Crippen MR) is 128 cm³/mol. The summed E-state index contributed by atoms with van der Waals surface area (Å²) in [5.41, 5.74) is 3.73. The van der Waals surface area contributed by atoms with Gasteiger partial charge in [-0.05, 0) is 55.2 Å². The van der Waals surface area contributed by atoms with Gasteiger partial charge in [-0.15, -0.1) is 0 Å². The van der Waals surface area contributed by atoms with Crippen LogP contribution in [-0.4, -0.2) is 52.6 Å². The number of rotatable bonds is 10. The van der Waals surface area contributed by atoms with Crippen LogP contribution in [-0.2, 0) is 22.4 Å². The number of carbonyl (C=O) groups is 1. The summed E-state index contributed by atoms with van der Waals surface area (Å²) in [7, 11) is 3.19. The Balaban J connectivity index is 1.63. The molecule has 1 saturated carbocycles. The van der Waals surface area contributed by atoms with E-state index in [1.165, 1.54) is 0 Å². The Morgan fingerprint density at radius 1 is 1.15 bits per heavy atom. The summed E-state index contributed by atoms with van der Waals surface area (Å²) in [6.07, 6.45) is 3.17. The molecule has 0 aliphatic heterocycles. The Morgan fingerprint density at radius 3 is 2.44 bits per heavy atom. The molecule has 0 amide bonds. The number of benzene rings is 2. The Kier molecular flexibility index (Phi) is 7.38. The average molecular weight is 469 g/mol. The molecule has 2 aromatic carbocycles. The number of H-pyrrole nitrogens is 1. The summed E-state index contributed by atoms with van der Waals surface area (Å²) in [4.78, 5) is 19.0. The minimum atomic E-state index is -0.917. The lowest BCUT2D eigenvalue weighted by atomic mass is 9.99. The normalized spacial score (nSPS) is 16.0.